The van der Waals surface area contributed by atoms with E-state index in [0.717, 1.165) is 0 Å². The van der Waals surface area contributed by atoms with Gasteiger partial charge in [0.15, 0.2) is 19.8 Å². The zero-order valence-corrected chi connectivity index (χ0v) is 52.6. The third kappa shape index (κ3) is 50.8. The van der Waals surface area contributed by atoms with Gasteiger partial charge >= 0.3 is 48.6 Å². The Bertz CT molecular complexity index is 2310. The van der Waals surface area contributed by atoms with E-state index in [0.29, 0.717) is 12.8 Å². The molecular weight excluding hydrogens is 1420 g/mol. The number of carbonyl (C=O) groups excluding carboxylic acids is 4. The second-order valence-corrected chi connectivity index (χ2v) is 23.9. The molecule has 0 heterocycles. The van der Waals surface area contributed by atoms with Crippen LogP contribution >= 0.6 is 0 Å². The lowest BCUT2D eigenvalue weighted by molar-refractivity contribution is -0.219. The number of carbonyl (C=O) groups is 4. The smallest absolute Gasteiger partial charge is 0.394 e. The summed E-state index contributed by atoms with van der Waals surface area (Å²) in [4.78, 5) is 45.4. The minimum absolute atomic E-state index is 0.206. The van der Waals surface area contributed by atoms with Crippen LogP contribution in [0.3, 0.4) is 0 Å². The topological polar surface area (TPSA) is 105 Å². The second kappa shape index (κ2) is 36.7. The second-order valence-electron chi connectivity index (χ2n) is 23.9. The van der Waals surface area contributed by atoms with Crippen LogP contribution in [0.1, 0.15) is 178 Å². The Balaban J connectivity index is -0.000000591. The molecule has 42 heteroatoms. The van der Waals surface area contributed by atoms with E-state index in [1.54, 1.807) is 41.5 Å². The van der Waals surface area contributed by atoms with Gasteiger partial charge in [-0.3, -0.25) is 19.2 Å². The van der Waals surface area contributed by atoms with Gasteiger partial charge < -0.3 is 18.9 Å². The number of ether oxygens (including phenoxy) is 4. The summed E-state index contributed by atoms with van der Waals surface area (Å²) in [6.45, 7) is 9.26. The molecule has 0 amide bonds. The molecule has 0 fully saturated rings. The molecule has 0 aromatic heterocycles. The molecule has 2 atom stereocenters. The van der Waals surface area contributed by atoms with E-state index >= 15 is 0 Å². The van der Waals surface area contributed by atoms with Gasteiger partial charge in [0, 0.05) is 6.42 Å². The Morgan fingerprint density at radius 3 is 0.698 bits per heavy atom. The molecule has 0 saturated carbocycles. The average molecular weight is 1500 g/mol. The molecule has 0 radical (unpaired) electrons. The van der Waals surface area contributed by atoms with E-state index in [2.05, 4.69) is 14.2 Å². The van der Waals surface area contributed by atoms with Gasteiger partial charge in [0.1, 0.15) is 25.7 Å². The van der Waals surface area contributed by atoms with Gasteiger partial charge in [-0.05, 0) is 59.8 Å². The molecule has 0 aliphatic rings. The van der Waals surface area contributed by atoms with Crippen molar-refractivity contribution < 1.29 is 187 Å². The first kappa shape index (κ1) is 97.9. The molecule has 576 valence electrons. The van der Waals surface area contributed by atoms with Gasteiger partial charge in [-0.15, -0.1) is 0 Å². The Hall–Kier alpha value is -4.50. The van der Waals surface area contributed by atoms with Crippen LogP contribution in [0.4, 0.5) is 149 Å². The first-order valence-electron chi connectivity index (χ1n) is 28.0. The highest BCUT2D eigenvalue weighted by molar-refractivity contribution is 5.76. The summed E-state index contributed by atoms with van der Waals surface area (Å²) in [6.07, 6.45) is -50.8. The van der Waals surface area contributed by atoms with Gasteiger partial charge in [-0.25, -0.2) is 96.6 Å². The molecule has 0 N–H and O–H groups in total. The zero-order chi connectivity index (χ0) is 77.6. The summed E-state index contributed by atoms with van der Waals surface area (Å²) in [6, 6.07) is 0. The predicted octanol–water partition coefficient (Wildman–Crippen LogP) is 21.4. The SMILES string of the molecule is CCC(C)(C)C(=O)OCC(F)(F)CC(F)(F)CC(F)(F)CC(F)(F)F.CCC(C)(C)C(=O)OCCCC(F)(F)CC(F)(F)CC(F)(F)CC(F)(F)F.CCC(C)C(=O)OCC(F)(F)CC(F)(F)CC(F)(F)CC(F)(F)F.CCC(C)C(=O)OCC(F)(F)CC(F)(F)CC(F)(F)F. The third-order valence-corrected chi connectivity index (χ3v) is 12.5. The summed E-state index contributed by atoms with van der Waals surface area (Å²) in [5.74, 6) is -55.9. The van der Waals surface area contributed by atoms with Crippen LogP contribution in [0, 0.1) is 22.7 Å². The minimum Gasteiger partial charge on any atom is -0.465 e. The van der Waals surface area contributed by atoms with Gasteiger partial charge in [-0.2, -0.15) is 52.7 Å². The molecule has 0 spiro atoms. The molecule has 8 nitrogen and oxygen atoms in total. The number of esters is 4. The molecular formula is C54H74F34O8. The van der Waals surface area contributed by atoms with Crippen LogP contribution in [0.2, 0.25) is 0 Å². The largest absolute Gasteiger partial charge is 0.465 e. The molecule has 2 unspecified atom stereocenters. The Kier molecular flexibility index (Phi) is 37.4. The van der Waals surface area contributed by atoms with Crippen molar-refractivity contribution in [3.8, 4) is 0 Å². The summed E-state index contributed by atoms with van der Waals surface area (Å²) in [7, 11) is 0. The van der Waals surface area contributed by atoms with Crippen molar-refractivity contribution >= 4 is 23.9 Å². The number of hydrogen-bond donors (Lipinski definition) is 0. The lowest BCUT2D eigenvalue weighted by Crippen LogP contribution is -2.40. The molecule has 0 aromatic carbocycles. The Labute approximate surface area is 528 Å². The highest BCUT2D eigenvalue weighted by Crippen LogP contribution is 2.47. The van der Waals surface area contributed by atoms with E-state index in [1.807, 2.05) is 0 Å². The van der Waals surface area contributed by atoms with E-state index in [1.165, 1.54) is 27.7 Å². The normalized spacial score (nSPS) is 14.8. The van der Waals surface area contributed by atoms with Crippen LogP contribution < -0.4 is 0 Å². The number of halogens is 34. The fraction of sp³-hybridized carbons (Fsp3) is 0.926. The van der Waals surface area contributed by atoms with E-state index in [4.69, 9.17) is 4.74 Å². The fourth-order valence-corrected chi connectivity index (χ4v) is 6.82. The lowest BCUT2D eigenvalue weighted by Gasteiger charge is -2.28. The first-order valence-corrected chi connectivity index (χ1v) is 28.0. The third-order valence-electron chi connectivity index (χ3n) is 12.5. The van der Waals surface area contributed by atoms with E-state index in [-0.39, 0.29) is 12.8 Å². The van der Waals surface area contributed by atoms with Crippen molar-refractivity contribution in [1.29, 1.82) is 0 Å². The summed E-state index contributed by atoms with van der Waals surface area (Å²) >= 11 is 0. The van der Waals surface area contributed by atoms with Gasteiger partial charge in [0.2, 0.25) is 0 Å². The fourth-order valence-electron chi connectivity index (χ4n) is 6.82. The van der Waals surface area contributed by atoms with Gasteiger partial charge in [-0.1, -0.05) is 41.5 Å². The van der Waals surface area contributed by atoms with Crippen molar-refractivity contribution in [3.63, 3.8) is 0 Å². The van der Waals surface area contributed by atoms with Gasteiger partial charge in [0.05, 0.1) is 74.2 Å². The van der Waals surface area contributed by atoms with Crippen LogP contribution in [0.25, 0.3) is 0 Å². The summed E-state index contributed by atoms with van der Waals surface area (Å²) in [5, 5.41) is 0. The first-order chi connectivity index (χ1) is 41.9. The minimum atomic E-state index is -5.43. The van der Waals surface area contributed by atoms with E-state index < -0.39 is 246 Å². The van der Waals surface area contributed by atoms with Crippen molar-refractivity contribution in [3.05, 3.63) is 0 Å². The number of alkyl halides is 34. The highest BCUT2D eigenvalue weighted by atomic mass is 19.4. The van der Waals surface area contributed by atoms with Crippen molar-refractivity contribution in [2.24, 2.45) is 22.7 Å². The standard InChI is InChI=1S/C16H23F9O2.C14H19F9O2.C13H17F9O2.C11H15F7O2/c1-4-12(2,3)11(26)27-7-5-6-13(17,18)8-14(19,20)9-15(21,22)10-16(23,24)25;1-4-10(2,3)9(24)25-8-13(19,20)6-11(15,16)5-12(17,18)7-14(21,22)23;1-3-8(2)9(23)24-7-12(18,19)5-10(14,15)4-11(16,17)6-13(20,21)22;1-3-7(2)8(19)20-6-10(14,15)4-9(12,13)5-11(16,17)18/h4-10H2,1-3H3;4-8H2,1-3H3;8H,3-7H2,1-2H3;7H,3-6H2,1-2H3. The Morgan fingerprint density at radius 1 is 0.281 bits per heavy atom. The number of hydrogen-bond acceptors (Lipinski definition) is 8. The zero-order valence-electron chi connectivity index (χ0n) is 52.6. The quantitative estimate of drug-likeness (QED) is 0.0264. The maximum Gasteiger partial charge on any atom is 0.394 e. The average Bonchev–Trinajstić information content (AvgIpc) is 0.980. The molecule has 0 bridgehead atoms. The number of rotatable bonds is 36. The van der Waals surface area contributed by atoms with Crippen LogP contribution in [0.15, 0.2) is 0 Å². The van der Waals surface area contributed by atoms with Crippen molar-refractivity contribution in [2.45, 2.75) is 268 Å². The maximum atomic E-state index is 13.6. The monoisotopic (exact) mass is 1500 g/mol. The molecule has 0 aliphatic heterocycles. The lowest BCUT2D eigenvalue weighted by atomic mass is 9.91. The van der Waals surface area contributed by atoms with Crippen LogP contribution in [-0.4, -0.2) is 140 Å². The Morgan fingerprint density at radius 2 is 0.479 bits per heavy atom. The van der Waals surface area contributed by atoms with Crippen molar-refractivity contribution in [2.75, 3.05) is 26.4 Å². The predicted molar refractivity (Wildman–Crippen MR) is 270 cm³/mol. The van der Waals surface area contributed by atoms with Crippen LogP contribution in [0.5, 0.6) is 0 Å². The maximum absolute atomic E-state index is 13.6. The van der Waals surface area contributed by atoms with Crippen molar-refractivity contribution in [1.82, 2.24) is 0 Å². The molecule has 0 saturated heterocycles. The molecule has 0 aromatic rings. The summed E-state index contributed by atoms with van der Waals surface area (Å²) in [5.41, 5.74) is -2.00. The van der Waals surface area contributed by atoms with Gasteiger partial charge in [0.25, 0.3) is 65.1 Å². The molecule has 0 aliphatic carbocycles. The molecule has 0 rings (SSSR count). The summed E-state index contributed by atoms with van der Waals surface area (Å²) < 4.78 is 450. The van der Waals surface area contributed by atoms with Crippen LogP contribution in [-0.2, 0) is 38.1 Å². The molecule has 96 heavy (non-hydrogen) atoms. The van der Waals surface area contributed by atoms with E-state index in [9.17, 15) is 168 Å². The highest BCUT2D eigenvalue weighted by Gasteiger charge is 2.57.